The van der Waals surface area contributed by atoms with Crippen molar-refractivity contribution in [1.82, 2.24) is 0 Å². The molecule has 0 bridgehead atoms. The van der Waals surface area contributed by atoms with Crippen molar-refractivity contribution in [2.45, 2.75) is 51.4 Å². The Hall–Kier alpha value is -1.61. The number of benzene rings is 1. The van der Waals surface area contributed by atoms with E-state index in [0.29, 0.717) is 0 Å². The lowest BCUT2D eigenvalue weighted by Crippen LogP contribution is -2.01. The summed E-state index contributed by atoms with van der Waals surface area (Å²) in [7, 11) is 0. The average molecular weight is 330 g/mol. The molecule has 0 saturated heterocycles. The molecule has 1 aromatic heterocycles. The molecular weight excluding hydrogens is 302 g/mol. The van der Waals surface area contributed by atoms with E-state index in [1.807, 2.05) is 35.6 Å². The van der Waals surface area contributed by atoms with Crippen LogP contribution in [0.5, 0.6) is 0 Å². The fourth-order valence-corrected chi connectivity index (χ4v) is 3.43. The quantitative estimate of drug-likeness (QED) is 0.385. The molecule has 0 atom stereocenters. The Bertz CT molecular complexity index is 533. The highest BCUT2D eigenvalue weighted by molar-refractivity contribution is 7.09. The molecule has 3 heteroatoms. The van der Waals surface area contributed by atoms with E-state index in [4.69, 9.17) is 0 Å². The van der Waals surface area contributed by atoms with Gasteiger partial charge in [0.2, 0.25) is 0 Å². The average Bonchev–Trinajstić information content (AvgIpc) is 3.10. The van der Waals surface area contributed by atoms with Crippen LogP contribution >= 0.6 is 11.3 Å². The highest BCUT2D eigenvalue weighted by Gasteiger charge is 1.96. The van der Waals surface area contributed by atoms with E-state index >= 15 is 0 Å². The van der Waals surface area contributed by atoms with Crippen molar-refractivity contribution in [3.8, 4) is 0 Å². The number of carbonyl (C=O) groups is 1. The van der Waals surface area contributed by atoms with Crippen LogP contribution in [0.3, 0.4) is 0 Å². The van der Waals surface area contributed by atoms with Gasteiger partial charge in [-0.1, -0.05) is 38.2 Å². The van der Waals surface area contributed by atoms with E-state index in [1.54, 1.807) is 0 Å². The Morgan fingerprint density at radius 3 is 2.22 bits per heavy atom. The van der Waals surface area contributed by atoms with E-state index in [0.717, 1.165) is 24.1 Å². The summed E-state index contributed by atoms with van der Waals surface area (Å²) in [4.78, 5) is 12.1. The molecule has 0 aliphatic heterocycles. The zero-order chi connectivity index (χ0) is 16.2. The second-order valence-corrected chi connectivity index (χ2v) is 7.00. The van der Waals surface area contributed by atoms with Crippen LogP contribution in [0.25, 0.3) is 0 Å². The van der Waals surface area contributed by atoms with Gasteiger partial charge in [0, 0.05) is 22.7 Å². The zero-order valence-electron chi connectivity index (χ0n) is 13.8. The molecule has 0 unspecified atom stereocenters. The molecule has 0 amide bonds. The van der Waals surface area contributed by atoms with Crippen LogP contribution in [0.2, 0.25) is 0 Å². The fraction of sp³-hybridized carbons (Fsp3) is 0.450. The van der Waals surface area contributed by atoms with Crippen molar-refractivity contribution < 1.29 is 4.79 Å². The summed E-state index contributed by atoms with van der Waals surface area (Å²) in [6.45, 7) is 1.01. The molecule has 0 aliphatic rings. The summed E-state index contributed by atoms with van der Waals surface area (Å²) in [5.41, 5.74) is 1.83. The van der Waals surface area contributed by atoms with E-state index in [9.17, 15) is 4.79 Å². The maximum absolute atomic E-state index is 10.6. The molecule has 0 fully saturated rings. The lowest BCUT2D eigenvalue weighted by Gasteiger charge is -2.06. The Morgan fingerprint density at radius 2 is 1.57 bits per heavy atom. The molecule has 1 heterocycles. The fourth-order valence-electron chi connectivity index (χ4n) is 2.68. The van der Waals surface area contributed by atoms with Crippen LogP contribution < -0.4 is 5.32 Å². The minimum atomic E-state index is 0.731. The highest BCUT2D eigenvalue weighted by atomic mass is 32.1. The summed E-state index contributed by atoms with van der Waals surface area (Å²) in [6.07, 6.45) is 11.4. The molecule has 2 rings (SSSR count). The molecule has 2 nitrogen and oxygen atoms in total. The topological polar surface area (TPSA) is 29.1 Å². The minimum absolute atomic E-state index is 0.731. The minimum Gasteiger partial charge on any atom is -0.385 e. The first-order chi connectivity index (χ1) is 11.4. The lowest BCUT2D eigenvalue weighted by atomic mass is 10.1. The molecule has 124 valence electrons. The van der Waals surface area contributed by atoms with Gasteiger partial charge in [-0.25, -0.2) is 0 Å². The Morgan fingerprint density at radius 1 is 0.870 bits per heavy atom. The van der Waals surface area contributed by atoms with Gasteiger partial charge in [0.15, 0.2) is 0 Å². The van der Waals surface area contributed by atoms with Crippen LogP contribution in [0.4, 0.5) is 5.69 Å². The Balaban J connectivity index is 1.39. The molecule has 0 aliphatic carbocycles. The van der Waals surface area contributed by atoms with Crippen molar-refractivity contribution in [3.63, 3.8) is 0 Å². The summed E-state index contributed by atoms with van der Waals surface area (Å²) in [5.74, 6) is 0. The van der Waals surface area contributed by atoms with Gasteiger partial charge in [-0.05, 0) is 55.0 Å². The Kier molecular flexibility index (Phi) is 8.49. The third-order valence-corrected chi connectivity index (χ3v) is 4.99. The summed E-state index contributed by atoms with van der Waals surface area (Å²) in [6, 6.07) is 12.0. The monoisotopic (exact) mass is 329 g/mol. The van der Waals surface area contributed by atoms with Crippen LogP contribution in [-0.2, 0) is 6.42 Å². The number of unbranched alkanes of at least 4 members (excludes halogenated alkanes) is 6. The number of aryl methyl sites for hydroxylation is 1. The smallest absolute Gasteiger partial charge is 0.150 e. The second kappa shape index (κ2) is 11.0. The molecule has 23 heavy (non-hydrogen) atoms. The van der Waals surface area contributed by atoms with Gasteiger partial charge < -0.3 is 5.32 Å². The van der Waals surface area contributed by atoms with Crippen molar-refractivity contribution in [2.24, 2.45) is 0 Å². The predicted octanol–water partition coefficient (Wildman–Crippen LogP) is 5.95. The van der Waals surface area contributed by atoms with E-state index in [1.165, 1.54) is 56.2 Å². The first-order valence-corrected chi connectivity index (χ1v) is 9.58. The summed E-state index contributed by atoms with van der Waals surface area (Å²) >= 11 is 1.88. The van der Waals surface area contributed by atoms with Crippen molar-refractivity contribution >= 4 is 23.3 Å². The molecule has 0 saturated carbocycles. The van der Waals surface area contributed by atoms with Crippen LogP contribution in [0.1, 0.15) is 60.2 Å². The first-order valence-electron chi connectivity index (χ1n) is 8.70. The molecule has 1 aromatic carbocycles. The van der Waals surface area contributed by atoms with Gasteiger partial charge in [-0.15, -0.1) is 11.3 Å². The maximum atomic E-state index is 10.6. The van der Waals surface area contributed by atoms with Crippen LogP contribution in [0.15, 0.2) is 41.8 Å². The summed E-state index contributed by atoms with van der Waals surface area (Å²) < 4.78 is 0. The molecule has 1 N–H and O–H groups in total. The number of thiophene rings is 1. The number of hydrogen-bond donors (Lipinski definition) is 1. The standard InChI is InChI=1S/C20H27NOS/c22-17-18-11-13-19(14-12-18)21-15-7-5-3-1-2-4-6-9-20-10-8-16-23-20/h8,10-14,16-17,21H,1-7,9,15H2. The van der Waals surface area contributed by atoms with E-state index in [2.05, 4.69) is 22.8 Å². The normalized spacial score (nSPS) is 10.6. The predicted molar refractivity (Wildman–Crippen MR) is 101 cm³/mol. The molecule has 0 radical (unpaired) electrons. The highest BCUT2D eigenvalue weighted by Crippen LogP contribution is 2.14. The molecular formula is C20H27NOS. The van der Waals surface area contributed by atoms with Gasteiger partial charge in [0.1, 0.15) is 6.29 Å². The number of rotatable bonds is 12. The van der Waals surface area contributed by atoms with Gasteiger partial charge >= 0.3 is 0 Å². The number of anilines is 1. The van der Waals surface area contributed by atoms with Gasteiger partial charge in [-0.3, -0.25) is 4.79 Å². The number of aldehydes is 1. The number of hydrogen-bond acceptors (Lipinski definition) is 3. The third kappa shape index (κ3) is 7.47. The summed E-state index contributed by atoms with van der Waals surface area (Å²) in [5, 5.41) is 5.57. The maximum Gasteiger partial charge on any atom is 0.150 e. The second-order valence-electron chi connectivity index (χ2n) is 5.97. The van der Waals surface area contributed by atoms with Gasteiger partial charge in [0.05, 0.1) is 0 Å². The molecule has 2 aromatic rings. The van der Waals surface area contributed by atoms with Crippen molar-refractivity contribution in [3.05, 3.63) is 52.2 Å². The van der Waals surface area contributed by atoms with Gasteiger partial charge in [0.25, 0.3) is 0 Å². The number of carbonyl (C=O) groups excluding carboxylic acids is 1. The lowest BCUT2D eigenvalue weighted by molar-refractivity contribution is 0.112. The van der Waals surface area contributed by atoms with E-state index < -0.39 is 0 Å². The first kappa shape index (κ1) is 17.7. The van der Waals surface area contributed by atoms with Crippen molar-refractivity contribution in [1.29, 1.82) is 0 Å². The number of nitrogens with one attached hydrogen (secondary N) is 1. The van der Waals surface area contributed by atoms with Crippen LogP contribution in [-0.4, -0.2) is 12.8 Å². The van der Waals surface area contributed by atoms with Crippen LogP contribution in [0, 0.1) is 0 Å². The van der Waals surface area contributed by atoms with E-state index in [-0.39, 0.29) is 0 Å². The third-order valence-electron chi connectivity index (χ3n) is 4.06. The van der Waals surface area contributed by atoms with Gasteiger partial charge in [-0.2, -0.15) is 0 Å². The molecule has 0 spiro atoms. The zero-order valence-corrected chi connectivity index (χ0v) is 14.6. The van der Waals surface area contributed by atoms with Crippen molar-refractivity contribution in [2.75, 3.05) is 11.9 Å². The SMILES string of the molecule is O=Cc1ccc(NCCCCCCCCCc2cccs2)cc1. The largest absolute Gasteiger partial charge is 0.385 e. The Labute approximate surface area is 143 Å².